The summed E-state index contributed by atoms with van der Waals surface area (Å²) in [4.78, 5) is 14.2. The van der Waals surface area contributed by atoms with Crippen LogP contribution in [0.5, 0.6) is 5.75 Å². The van der Waals surface area contributed by atoms with E-state index in [4.69, 9.17) is 16.3 Å². The topological polar surface area (TPSA) is 41.6 Å². The van der Waals surface area contributed by atoms with Crippen LogP contribution in [-0.4, -0.2) is 30.5 Å². The van der Waals surface area contributed by atoms with Gasteiger partial charge in [0, 0.05) is 11.6 Å². The fraction of sp³-hybridized carbons (Fsp3) is 0.316. The molecule has 0 aliphatic carbocycles. The number of anilines is 1. The van der Waals surface area contributed by atoms with E-state index in [-0.39, 0.29) is 16.6 Å². The molecular weight excluding hydrogens is 343 g/mol. The lowest BCUT2D eigenvalue weighted by atomic mass is 10.1. The van der Waals surface area contributed by atoms with Crippen molar-refractivity contribution in [2.75, 3.05) is 19.0 Å². The van der Waals surface area contributed by atoms with Gasteiger partial charge in [-0.3, -0.25) is 9.69 Å². The molecule has 0 aliphatic heterocycles. The lowest BCUT2D eigenvalue weighted by molar-refractivity contribution is -0.120. The third-order valence-electron chi connectivity index (χ3n) is 3.90. The molecule has 0 unspecified atom stereocenters. The smallest absolute Gasteiger partial charge is 0.241 e. The van der Waals surface area contributed by atoms with E-state index >= 15 is 0 Å². The number of carbonyl (C=O) groups is 1. The molecule has 1 atom stereocenters. The Balaban J connectivity index is 1.96. The van der Waals surface area contributed by atoms with Gasteiger partial charge in [0.2, 0.25) is 5.91 Å². The van der Waals surface area contributed by atoms with Crippen molar-refractivity contribution in [2.24, 2.45) is 0 Å². The molecule has 4 nitrogen and oxygen atoms in total. The molecule has 0 aliphatic rings. The van der Waals surface area contributed by atoms with E-state index in [1.54, 1.807) is 6.92 Å². The standard InChI is InChI=1S/C19H22ClFN2O2/c1-4-25-16-8-5-14(6-9-16)12-23(3)13(2)19(24)22-18-10-7-15(20)11-17(18)21/h5-11,13H,4,12H2,1-3H3,(H,22,24)/t13-/m1/s1. The van der Waals surface area contributed by atoms with Crippen molar-refractivity contribution in [1.29, 1.82) is 0 Å². The van der Waals surface area contributed by atoms with Crippen LogP contribution in [-0.2, 0) is 11.3 Å². The molecule has 0 bridgehead atoms. The van der Waals surface area contributed by atoms with E-state index in [9.17, 15) is 9.18 Å². The van der Waals surface area contributed by atoms with Crippen molar-refractivity contribution in [3.05, 3.63) is 58.9 Å². The average Bonchev–Trinajstić information content (AvgIpc) is 2.58. The Bertz CT molecular complexity index is 722. The molecule has 25 heavy (non-hydrogen) atoms. The number of benzene rings is 2. The number of nitrogens with one attached hydrogen (secondary N) is 1. The minimum Gasteiger partial charge on any atom is -0.494 e. The summed E-state index contributed by atoms with van der Waals surface area (Å²) in [6, 6.07) is 11.5. The third kappa shape index (κ3) is 5.44. The maximum absolute atomic E-state index is 13.8. The Morgan fingerprint density at radius 3 is 2.56 bits per heavy atom. The highest BCUT2D eigenvalue weighted by Crippen LogP contribution is 2.20. The number of hydrogen-bond donors (Lipinski definition) is 1. The normalized spacial score (nSPS) is 12.1. The number of rotatable bonds is 7. The first-order valence-electron chi connectivity index (χ1n) is 8.08. The highest BCUT2D eigenvalue weighted by Gasteiger charge is 2.19. The number of halogens is 2. The highest BCUT2D eigenvalue weighted by molar-refractivity contribution is 6.30. The fourth-order valence-electron chi connectivity index (χ4n) is 2.31. The zero-order chi connectivity index (χ0) is 18.4. The van der Waals surface area contributed by atoms with Crippen LogP contribution in [0.3, 0.4) is 0 Å². The number of hydrogen-bond acceptors (Lipinski definition) is 3. The summed E-state index contributed by atoms with van der Waals surface area (Å²) in [6.07, 6.45) is 0. The minimum absolute atomic E-state index is 0.121. The van der Waals surface area contributed by atoms with E-state index in [1.165, 1.54) is 18.2 Å². The van der Waals surface area contributed by atoms with E-state index in [0.717, 1.165) is 11.3 Å². The van der Waals surface area contributed by atoms with Gasteiger partial charge in [-0.15, -0.1) is 0 Å². The molecule has 0 saturated heterocycles. The van der Waals surface area contributed by atoms with E-state index in [1.807, 2.05) is 43.1 Å². The summed E-state index contributed by atoms with van der Waals surface area (Å²) in [5.74, 6) is -0.0187. The average molecular weight is 365 g/mol. The molecule has 0 aromatic heterocycles. The van der Waals surface area contributed by atoms with Crippen molar-refractivity contribution in [1.82, 2.24) is 4.90 Å². The van der Waals surface area contributed by atoms with Crippen LogP contribution in [0.25, 0.3) is 0 Å². The van der Waals surface area contributed by atoms with Crippen molar-refractivity contribution in [2.45, 2.75) is 26.4 Å². The maximum Gasteiger partial charge on any atom is 0.241 e. The van der Waals surface area contributed by atoms with Gasteiger partial charge < -0.3 is 10.1 Å². The van der Waals surface area contributed by atoms with Crippen LogP contribution in [0.15, 0.2) is 42.5 Å². The molecule has 1 amide bonds. The molecule has 0 saturated carbocycles. The summed E-state index contributed by atoms with van der Waals surface area (Å²) in [5.41, 5.74) is 1.18. The fourth-order valence-corrected chi connectivity index (χ4v) is 2.47. The molecule has 0 fully saturated rings. The quantitative estimate of drug-likeness (QED) is 0.794. The lowest BCUT2D eigenvalue weighted by Gasteiger charge is -2.24. The Kier molecular flexibility index (Phi) is 6.79. The number of amides is 1. The van der Waals surface area contributed by atoms with Gasteiger partial charge in [-0.1, -0.05) is 23.7 Å². The van der Waals surface area contributed by atoms with Crippen LogP contribution in [0.2, 0.25) is 5.02 Å². The van der Waals surface area contributed by atoms with Crippen molar-refractivity contribution >= 4 is 23.2 Å². The summed E-state index contributed by atoms with van der Waals surface area (Å²) in [5, 5.41) is 2.88. The number of nitrogens with zero attached hydrogens (tertiary/aromatic N) is 1. The predicted molar refractivity (Wildman–Crippen MR) is 98.6 cm³/mol. The van der Waals surface area contributed by atoms with Gasteiger partial charge in [0.25, 0.3) is 0 Å². The van der Waals surface area contributed by atoms with Gasteiger partial charge in [-0.25, -0.2) is 4.39 Å². The molecule has 2 aromatic rings. The number of likely N-dealkylation sites (N-methyl/N-ethyl adjacent to an activating group) is 1. The maximum atomic E-state index is 13.8. The number of ether oxygens (including phenoxy) is 1. The van der Waals surface area contributed by atoms with Crippen LogP contribution in [0.1, 0.15) is 19.4 Å². The molecule has 2 rings (SSSR count). The van der Waals surface area contributed by atoms with Crippen molar-refractivity contribution in [3.8, 4) is 5.75 Å². The van der Waals surface area contributed by atoms with Crippen LogP contribution in [0.4, 0.5) is 10.1 Å². The van der Waals surface area contributed by atoms with Crippen LogP contribution < -0.4 is 10.1 Å². The molecule has 134 valence electrons. The minimum atomic E-state index is -0.554. The zero-order valence-electron chi connectivity index (χ0n) is 14.6. The summed E-state index contributed by atoms with van der Waals surface area (Å²) in [7, 11) is 1.85. The van der Waals surface area contributed by atoms with Gasteiger partial charge in [-0.2, -0.15) is 0 Å². The second-order valence-electron chi connectivity index (χ2n) is 5.78. The monoisotopic (exact) mass is 364 g/mol. The molecule has 2 aromatic carbocycles. The molecule has 6 heteroatoms. The molecule has 0 heterocycles. The van der Waals surface area contributed by atoms with Gasteiger partial charge >= 0.3 is 0 Å². The van der Waals surface area contributed by atoms with Gasteiger partial charge in [0.05, 0.1) is 18.3 Å². The second kappa shape index (κ2) is 8.83. The number of carbonyl (C=O) groups excluding carboxylic acids is 1. The predicted octanol–water partition coefficient (Wildman–Crippen LogP) is 4.34. The Morgan fingerprint density at radius 2 is 1.96 bits per heavy atom. The summed E-state index contributed by atoms with van der Waals surface area (Å²) < 4.78 is 19.2. The third-order valence-corrected chi connectivity index (χ3v) is 4.13. The largest absolute Gasteiger partial charge is 0.494 e. The van der Waals surface area contributed by atoms with Crippen molar-refractivity contribution in [3.63, 3.8) is 0 Å². The van der Waals surface area contributed by atoms with E-state index < -0.39 is 11.9 Å². The first kappa shape index (κ1) is 19.2. The van der Waals surface area contributed by atoms with Crippen LogP contribution in [0, 0.1) is 5.82 Å². The van der Waals surface area contributed by atoms with Gasteiger partial charge in [0.1, 0.15) is 11.6 Å². The lowest BCUT2D eigenvalue weighted by Crippen LogP contribution is -2.39. The van der Waals surface area contributed by atoms with E-state index in [0.29, 0.717) is 13.2 Å². The second-order valence-corrected chi connectivity index (χ2v) is 6.22. The SMILES string of the molecule is CCOc1ccc(CN(C)[C@H](C)C(=O)Nc2ccc(Cl)cc2F)cc1. The molecule has 1 N–H and O–H groups in total. The summed E-state index contributed by atoms with van der Waals surface area (Å²) in [6.45, 7) is 4.92. The molecular formula is C19H22ClFN2O2. The van der Waals surface area contributed by atoms with E-state index in [2.05, 4.69) is 5.32 Å². The highest BCUT2D eigenvalue weighted by atomic mass is 35.5. The first-order chi connectivity index (χ1) is 11.9. The Hall–Kier alpha value is -2.11. The zero-order valence-corrected chi connectivity index (χ0v) is 15.3. The molecule has 0 radical (unpaired) electrons. The Morgan fingerprint density at radius 1 is 1.28 bits per heavy atom. The van der Waals surface area contributed by atoms with Gasteiger partial charge in [0.15, 0.2) is 0 Å². The Labute approximate surface area is 152 Å². The molecule has 0 spiro atoms. The summed E-state index contributed by atoms with van der Waals surface area (Å²) >= 11 is 5.72. The van der Waals surface area contributed by atoms with Crippen molar-refractivity contribution < 1.29 is 13.9 Å². The first-order valence-corrected chi connectivity index (χ1v) is 8.46. The van der Waals surface area contributed by atoms with Crippen LogP contribution >= 0.6 is 11.6 Å². The van der Waals surface area contributed by atoms with Gasteiger partial charge in [-0.05, 0) is 56.8 Å².